The molecule has 3 aromatic carbocycles. The predicted octanol–water partition coefficient (Wildman–Crippen LogP) is 4.35. The molecule has 50 heavy (non-hydrogen) atoms. The number of likely N-dealkylation sites (tertiary alicyclic amines) is 1. The lowest BCUT2D eigenvalue weighted by molar-refractivity contribution is -0.136. The maximum absolute atomic E-state index is 15.0. The van der Waals surface area contributed by atoms with Gasteiger partial charge < -0.3 is 19.6 Å². The van der Waals surface area contributed by atoms with Crippen LogP contribution in [0.25, 0.3) is 0 Å². The zero-order valence-electron chi connectivity index (χ0n) is 28.4. The van der Waals surface area contributed by atoms with Gasteiger partial charge in [-0.2, -0.15) is 0 Å². The van der Waals surface area contributed by atoms with Crippen LogP contribution < -0.4 is 9.04 Å². The van der Waals surface area contributed by atoms with Gasteiger partial charge in [-0.1, -0.05) is 25.1 Å². The van der Waals surface area contributed by atoms with Crippen LogP contribution in [0.5, 0.6) is 5.75 Å². The predicted molar refractivity (Wildman–Crippen MR) is 185 cm³/mol. The number of benzene rings is 3. The third-order valence-corrected chi connectivity index (χ3v) is 11.9. The molecule has 1 unspecified atom stereocenters. The Labute approximate surface area is 292 Å². The van der Waals surface area contributed by atoms with E-state index in [1.807, 2.05) is 0 Å². The fourth-order valence-electron chi connectivity index (χ4n) is 7.65. The second-order valence-electron chi connectivity index (χ2n) is 13.1. The topological polar surface area (TPSA) is 128 Å². The summed E-state index contributed by atoms with van der Waals surface area (Å²) in [6.07, 6.45) is 2.20. The number of aromatic carboxylic acids is 1. The normalized spacial score (nSPS) is 20.6. The quantitative estimate of drug-likeness (QED) is 0.310. The van der Waals surface area contributed by atoms with Crippen LogP contribution in [0.1, 0.15) is 61.0 Å². The van der Waals surface area contributed by atoms with E-state index in [1.54, 1.807) is 36.1 Å². The molecule has 6 rings (SSSR count). The Hall–Kier alpha value is -4.33. The Morgan fingerprint density at radius 1 is 0.920 bits per heavy atom. The average Bonchev–Trinajstić information content (AvgIpc) is 3.36. The smallest absolute Gasteiger partial charge is 0.335 e. The zero-order chi connectivity index (χ0) is 35.6. The van der Waals surface area contributed by atoms with Gasteiger partial charge >= 0.3 is 5.97 Å². The first-order valence-corrected chi connectivity index (χ1v) is 18.6. The van der Waals surface area contributed by atoms with Crippen molar-refractivity contribution < 1.29 is 37.0 Å². The van der Waals surface area contributed by atoms with E-state index < -0.39 is 39.6 Å². The molecule has 2 saturated heterocycles. The van der Waals surface area contributed by atoms with Crippen molar-refractivity contribution in [1.82, 2.24) is 14.7 Å². The number of piperidine rings is 1. The van der Waals surface area contributed by atoms with Crippen LogP contribution in [0.15, 0.2) is 71.6 Å². The van der Waals surface area contributed by atoms with E-state index in [1.165, 1.54) is 18.2 Å². The van der Waals surface area contributed by atoms with Crippen LogP contribution in [0.4, 0.5) is 10.1 Å². The third kappa shape index (κ3) is 6.49. The first-order chi connectivity index (χ1) is 24.0. The number of halogens is 1. The monoisotopic (exact) mass is 706 g/mol. The molecule has 3 aromatic rings. The molecule has 3 heterocycles. The summed E-state index contributed by atoms with van der Waals surface area (Å²) < 4.78 is 48.9. The second kappa shape index (κ2) is 14.5. The van der Waals surface area contributed by atoms with Crippen molar-refractivity contribution >= 4 is 33.5 Å². The molecule has 0 saturated carbocycles. The number of hydrogen-bond donors (Lipinski definition) is 1. The number of carboxylic acids is 1. The number of ether oxygens (including phenoxy) is 1. The molecule has 0 aliphatic carbocycles. The number of para-hydroxylation sites is 1. The lowest BCUT2D eigenvalue weighted by atomic mass is 9.71. The minimum atomic E-state index is -4.65. The molecular formula is C37H43FN4O7S. The summed E-state index contributed by atoms with van der Waals surface area (Å²) in [6, 6.07) is 14.8. The van der Waals surface area contributed by atoms with Crippen molar-refractivity contribution in [2.45, 2.75) is 55.9 Å². The summed E-state index contributed by atoms with van der Waals surface area (Å²) in [5, 5.41) is 9.99. The van der Waals surface area contributed by atoms with Crippen LogP contribution in [0, 0.1) is 5.82 Å². The number of carbonyl (C=O) groups excluding carboxylic acids is 2. The molecule has 0 bridgehead atoms. The van der Waals surface area contributed by atoms with Crippen molar-refractivity contribution in [3.05, 3.63) is 89.2 Å². The first-order valence-electron chi connectivity index (χ1n) is 17.2. The third-order valence-electron chi connectivity index (χ3n) is 10.2. The van der Waals surface area contributed by atoms with Crippen LogP contribution in [0.2, 0.25) is 0 Å². The Bertz CT molecular complexity index is 1860. The van der Waals surface area contributed by atoms with Gasteiger partial charge in [0.1, 0.15) is 17.0 Å². The number of carboxylic acid groups (broad SMARTS) is 1. The van der Waals surface area contributed by atoms with Crippen molar-refractivity contribution in [3.63, 3.8) is 0 Å². The van der Waals surface area contributed by atoms with Crippen molar-refractivity contribution in [2.75, 3.05) is 56.7 Å². The summed E-state index contributed by atoms with van der Waals surface area (Å²) in [5.74, 6) is -2.97. The molecule has 2 amide bonds. The lowest BCUT2D eigenvalue weighted by Crippen LogP contribution is -2.54. The highest BCUT2D eigenvalue weighted by atomic mass is 32.2. The van der Waals surface area contributed by atoms with Crippen molar-refractivity contribution in [2.24, 2.45) is 0 Å². The fraction of sp³-hybridized carbons (Fsp3) is 0.432. The summed E-state index contributed by atoms with van der Waals surface area (Å²) in [7, 11) is -4.65. The molecule has 266 valence electrons. The van der Waals surface area contributed by atoms with Gasteiger partial charge in [-0.25, -0.2) is 21.9 Å². The van der Waals surface area contributed by atoms with Crippen molar-refractivity contribution in [3.8, 4) is 5.75 Å². The molecule has 1 N–H and O–H groups in total. The zero-order valence-corrected chi connectivity index (χ0v) is 29.2. The second-order valence-corrected chi connectivity index (χ2v) is 14.9. The highest BCUT2D eigenvalue weighted by Crippen LogP contribution is 2.53. The van der Waals surface area contributed by atoms with E-state index in [2.05, 4.69) is 16.7 Å². The van der Waals surface area contributed by atoms with Gasteiger partial charge in [-0.05, 0) is 86.8 Å². The van der Waals surface area contributed by atoms with Crippen LogP contribution in [-0.2, 0) is 25.0 Å². The molecule has 3 aliphatic heterocycles. The molecule has 0 spiro atoms. The van der Waals surface area contributed by atoms with Gasteiger partial charge in [-0.15, -0.1) is 0 Å². The van der Waals surface area contributed by atoms with Crippen LogP contribution >= 0.6 is 0 Å². The lowest BCUT2D eigenvalue weighted by Gasteiger charge is -2.43. The van der Waals surface area contributed by atoms with Gasteiger partial charge in [-0.3, -0.25) is 14.5 Å². The van der Waals surface area contributed by atoms with E-state index in [9.17, 15) is 27.5 Å². The number of rotatable bonds is 11. The highest BCUT2D eigenvalue weighted by Gasteiger charge is 2.58. The maximum Gasteiger partial charge on any atom is 0.335 e. The number of fused-ring (bicyclic) bond motifs is 1. The van der Waals surface area contributed by atoms with Gasteiger partial charge in [0.25, 0.3) is 15.9 Å². The SMILES string of the molecule is CCCN1CCN(C2CCN(C(=O)CC3(c4ccccc4OCC)C(=O)N(S(=O)(=O)c4ccc(F)cc4)c4ccc(C(=O)O)cc43)CC2)CC1. The van der Waals surface area contributed by atoms with Gasteiger partial charge in [0.05, 0.1) is 22.8 Å². The summed E-state index contributed by atoms with van der Waals surface area (Å²) >= 11 is 0. The van der Waals surface area contributed by atoms with Crippen molar-refractivity contribution in [1.29, 1.82) is 0 Å². The Morgan fingerprint density at radius 2 is 1.60 bits per heavy atom. The largest absolute Gasteiger partial charge is 0.494 e. The molecule has 0 radical (unpaired) electrons. The summed E-state index contributed by atoms with van der Waals surface area (Å²) in [6.45, 7) is 10.2. The number of amides is 2. The summed E-state index contributed by atoms with van der Waals surface area (Å²) in [5.41, 5.74) is -1.90. The Morgan fingerprint density at radius 3 is 2.24 bits per heavy atom. The maximum atomic E-state index is 15.0. The molecule has 11 nitrogen and oxygen atoms in total. The van der Waals surface area contributed by atoms with E-state index in [0.29, 0.717) is 23.4 Å². The number of hydrogen-bond acceptors (Lipinski definition) is 8. The van der Waals surface area contributed by atoms with Crippen LogP contribution in [0.3, 0.4) is 0 Å². The minimum absolute atomic E-state index is 0.0634. The molecule has 0 aromatic heterocycles. The minimum Gasteiger partial charge on any atom is -0.494 e. The number of anilines is 1. The molecule has 1 atom stereocenters. The average molecular weight is 707 g/mol. The number of piperazine rings is 1. The Balaban J connectivity index is 1.39. The van der Waals surface area contributed by atoms with E-state index >= 15 is 4.79 Å². The van der Waals surface area contributed by atoms with E-state index in [0.717, 1.165) is 76.3 Å². The van der Waals surface area contributed by atoms with Gasteiger partial charge in [0.15, 0.2) is 0 Å². The van der Waals surface area contributed by atoms with E-state index in [-0.39, 0.29) is 45.5 Å². The summed E-state index contributed by atoms with van der Waals surface area (Å²) in [4.78, 5) is 48.1. The van der Waals surface area contributed by atoms with Crippen LogP contribution in [-0.4, -0.2) is 104 Å². The van der Waals surface area contributed by atoms with Gasteiger partial charge in [0.2, 0.25) is 5.91 Å². The van der Waals surface area contributed by atoms with E-state index in [4.69, 9.17) is 4.74 Å². The standard InChI is InChI=1S/C37H43FN4O7S/c1-3-17-39-20-22-40(23-21-39)28-15-18-41(19-16-28)34(43)25-37(30-7-5-6-8-33(30)49-4-2)31-24-26(35(44)45)9-14-32(31)42(36(37)46)50(47,48)29-12-10-27(38)11-13-29/h5-14,24,28H,3-4,15-23,25H2,1-2H3,(H,44,45). The molecular weight excluding hydrogens is 663 g/mol. The Kier molecular flexibility index (Phi) is 10.3. The fourth-order valence-corrected chi connectivity index (χ4v) is 9.13. The molecule has 13 heteroatoms. The number of carbonyl (C=O) groups is 3. The number of nitrogens with zero attached hydrogens (tertiary/aromatic N) is 4. The first kappa shape index (κ1) is 35.5. The molecule has 3 aliphatic rings. The molecule has 2 fully saturated rings. The van der Waals surface area contributed by atoms with Gasteiger partial charge in [0, 0.05) is 57.3 Å². The highest BCUT2D eigenvalue weighted by molar-refractivity contribution is 7.93. The number of sulfonamides is 1.